The summed E-state index contributed by atoms with van der Waals surface area (Å²) in [6.45, 7) is 2.52. The second-order valence-electron chi connectivity index (χ2n) is 7.48. The molecule has 1 N–H and O–H groups in total. The molecule has 1 saturated heterocycles. The Kier molecular flexibility index (Phi) is 7.39. The Morgan fingerprint density at radius 2 is 1.57 bits per heavy atom. The first kappa shape index (κ1) is 24.3. The lowest BCUT2D eigenvalue weighted by molar-refractivity contribution is -0.122. The minimum Gasteiger partial charge on any atom is -0.493 e. The lowest BCUT2D eigenvalue weighted by Crippen LogP contribution is -2.54. The van der Waals surface area contributed by atoms with Crippen LogP contribution in [-0.4, -0.2) is 24.5 Å². The first-order valence-corrected chi connectivity index (χ1v) is 11.4. The maximum Gasteiger partial charge on any atom is 0.335 e. The average molecular weight is 511 g/mol. The van der Waals surface area contributed by atoms with E-state index in [9.17, 15) is 14.4 Å². The first-order valence-electron chi connectivity index (χ1n) is 10.7. The van der Waals surface area contributed by atoms with E-state index in [4.69, 9.17) is 32.7 Å². The van der Waals surface area contributed by atoms with E-state index < -0.39 is 17.8 Å². The summed E-state index contributed by atoms with van der Waals surface area (Å²) in [5.74, 6) is -0.575. The summed E-state index contributed by atoms with van der Waals surface area (Å²) in [6, 6.07) is 17.7. The van der Waals surface area contributed by atoms with Gasteiger partial charge >= 0.3 is 6.03 Å². The number of benzene rings is 3. The molecule has 1 aliphatic heterocycles. The molecule has 9 heteroatoms. The van der Waals surface area contributed by atoms with Crippen LogP contribution >= 0.6 is 23.2 Å². The van der Waals surface area contributed by atoms with E-state index in [0.717, 1.165) is 10.5 Å². The predicted octanol–water partition coefficient (Wildman–Crippen LogP) is 5.64. The molecule has 0 radical (unpaired) electrons. The second-order valence-corrected chi connectivity index (χ2v) is 8.35. The summed E-state index contributed by atoms with van der Waals surface area (Å²) in [5.41, 5.74) is 1.43. The smallest absolute Gasteiger partial charge is 0.335 e. The zero-order valence-corrected chi connectivity index (χ0v) is 20.1. The van der Waals surface area contributed by atoms with Crippen LogP contribution in [0.5, 0.6) is 11.5 Å². The van der Waals surface area contributed by atoms with Gasteiger partial charge in [-0.05, 0) is 73.2 Å². The van der Waals surface area contributed by atoms with Crippen molar-refractivity contribution in [3.05, 3.63) is 93.5 Å². The quantitative estimate of drug-likeness (QED) is 0.328. The van der Waals surface area contributed by atoms with E-state index in [-0.39, 0.29) is 11.3 Å². The number of hydrogen-bond acceptors (Lipinski definition) is 5. The van der Waals surface area contributed by atoms with Crippen LogP contribution in [-0.2, 0) is 16.2 Å². The number of rotatable bonds is 7. The standard InChI is InChI=1S/C26H20Cl2N2O5/c1-2-34-23-12-7-19(28)13-17(23)14-22-24(31)29-26(33)30(25(22)32)20-8-10-21(11-9-20)35-15-16-3-5-18(27)6-4-16/h3-14H,2,15H2,1H3,(H,29,31,33)/b22-14+. The van der Waals surface area contributed by atoms with Crippen LogP contribution in [0.15, 0.2) is 72.3 Å². The maximum atomic E-state index is 13.2. The number of nitrogens with one attached hydrogen (secondary N) is 1. The highest BCUT2D eigenvalue weighted by Crippen LogP contribution is 2.28. The van der Waals surface area contributed by atoms with Crippen molar-refractivity contribution in [1.82, 2.24) is 5.32 Å². The van der Waals surface area contributed by atoms with Crippen LogP contribution in [0.25, 0.3) is 6.08 Å². The Morgan fingerprint density at radius 3 is 2.26 bits per heavy atom. The summed E-state index contributed by atoms with van der Waals surface area (Å²) < 4.78 is 11.3. The molecule has 35 heavy (non-hydrogen) atoms. The number of urea groups is 1. The van der Waals surface area contributed by atoms with Crippen molar-refractivity contribution < 1.29 is 23.9 Å². The highest BCUT2D eigenvalue weighted by atomic mass is 35.5. The molecule has 1 aliphatic rings. The van der Waals surface area contributed by atoms with Gasteiger partial charge in [0.15, 0.2) is 0 Å². The molecule has 0 aromatic heterocycles. The van der Waals surface area contributed by atoms with Crippen molar-refractivity contribution in [1.29, 1.82) is 0 Å². The Hall–Kier alpha value is -3.81. The van der Waals surface area contributed by atoms with Crippen LogP contribution in [0.3, 0.4) is 0 Å². The van der Waals surface area contributed by atoms with Gasteiger partial charge in [-0.1, -0.05) is 35.3 Å². The number of amides is 4. The average Bonchev–Trinajstić information content (AvgIpc) is 2.84. The number of ether oxygens (including phenoxy) is 2. The van der Waals surface area contributed by atoms with E-state index >= 15 is 0 Å². The molecule has 4 amide bonds. The van der Waals surface area contributed by atoms with Gasteiger partial charge in [0.1, 0.15) is 23.7 Å². The van der Waals surface area contributed by atoms with Gasteiger partial charge in [-0.15, -0.1) is 0 Å². The fourth-order valence-corrected chi connectivity index (χ4v) is 3.71. The van der Waals surface area contributed by atoms with Gasteiger partial charge < -0.3 is 9.47 Å². The molecule has 3 aromatic carbocycles. The molecule has 7 nitrogen and oxygen atoms in total. The maximum absolute atomic E-state index is 13.2. The summed E-state index contributed by atoms with van der Waals surface area (Å²) in [4.78, 5) is 39.1. The molecule has 4 rings (SSSR count). The van der Waals surface area contributed by atoms with Gasteiger partial charge in [0.2, 0.25) is 0 Å². The normalized spacial score (nSPS) is 14.8. The molecular weight excluding hydrogens is 491 g/mol. The number of anilines is 1. The van der Waals surface area contributed by atoms with E-state index in [1.165, 1.54) is 6.08 Å². The Labute approximate surface area is 211 Å². The molecule has 0 bridgehead atoms. The molecule has 1 fully saturated rings. The van der Waals surface area contributed by atoms with Crippen molar-refractivity contribution in [3.8, 4) is 11.5 Å². The number of imide groups is 2. The Balaban J connectivity index is 1.56. The SMILES string of the molecule is CCOc1ccc(Cl)cc1/C=C1\C(=O)NC(=O)N(c2ccc(OCc3ccc(Cl)cc3)cc2)C1=O. The van der Waals surface area contributed by atoms with Crippen LogP contribution in [0.4, 0.5) is 10.5 Å². The van der Waals surface area contributed by atoms with Gasteiger partial charge in [0.05, 0.1) is 12.3 Å². The molecule has 0 aliphatic carbocycles. The molecule has 0 saturated carbocycles. The number of halogens is 2. The lowest BCUT2D eigenvalue weighted by Gasteiger charge is -2.26. The summed E-state index contributed by atoms with van der Waals surface area (Å²) in [6.07, 6.45) is 1.36. The molecule has 1 heterocycles. The topological polar surface area (TPSA) is 84.9 Å². The van der Waals surface area contributed by atoms with Crippen molar-refractivity contribution in [2.24, 2.45) is 0 Å². The van der Waals surface area contributed by atoms with E-state index in [2.05, 4.69) is 5.32 Å². The third-order valence-electron chi connectivity index (χ3n) is 5.09. The zero-order valence-electron chi connectivity index (χ0n) is 18.6. The van der Waals surface area contributed by atoms with Gasteiger partial charge in [0, 0.05) is 15.6 Å². The molecule has 178 valence electrons. The van der Waals surface area contributed by atoms with E-state index in [1.807, 2.05) is 19.1 Å². The monoisotopic (exact) mass is 510 g/mol. The lowest BCUT2D eigenvalue weighted by atomic mass is 10.1. The van der Waals surface area contributed by atoms with Crippen LogP contribution < -0.4 is 19.7 Å². The zero-order chi connectivity index (χ0) is 24.9. The Bertz CT molecular complexity index is 1300. The number of nitrogens with zero attached hydrogens (tertiary/aromatic N) is 1. The van der Waals surface area contributed by atoms with Crippen molar-refractivity contribution in [3.63, 3.8) is 0 Å². The van der Waals surface area contributed by atoms with Crippen LogP contribution in [0.2, 0.25) is 10.0 Å². The minimum atomic E-state index is -0.844. The summed E-state index contributed by atoms with van der Waals surface area (Å²) >= 11 is 12.0. The van der Waals surface area contributed by atoms with Crippen LogP contribution in [0.1, 0.15) is 18.1 Å². The minimum absolute atomic E-state index is 0.226. The molecular formula is C26H20Cl2N2O5. The number of barbiturate groups is 1. The number of hydrogen-bond donors (Lipinski definition) is 1. The highest BCUT2D eigenvalue weighted by Gasteiger charge is 2.37. The first-order chi connectivity index (χ1) is 16.9. The largest absolute Gasteiger partial charge is 0.493 e. The molecule has 0 atom stereocenters. The molecule has 0 spiro atoms. The van der Waals surface area contributed by atoms with Crippen molar-refractivity contribution in [2.45, 2.75) is 13.5 Å². The van der Waals surface area contributed by atoms with Gasteiger partial charge in [-0.25, -0.2) is 9.69 Å². The highest BCUT2D eigenvalue weighted by molar-refractivity contribution is 6.39. The Morgan fingerprint density at radius 1 is 0.886 bits per heavy atom. The molecule has 0 unspecified atom stereocenters. The van der Waals surface area contributed by atoms with Crippen molar-refractivity contribution in [2.75, 3.05) is 11.5 Å². The van der Waals surface area contributed by atoms with Gasteiger partial charge in [-0.3, -0.25) is 14.9 Å². The van der Waals surface area contributed by atoms with E-state index in [1.54, 1.807) is 54.6 Å². The second kappa shape index (κ2) is 10.6. The molecule has 3 aromatic rings. The summed E-state index contributed by atoms with van der Waals surface area (Å²) in [5, 5.41) is 3.25. The van der Waals surface area contributed by atoms with Crippen LogP contribution in [0, 0.1) is 0 Å². The predicted molar refractivity (Wildman–Crippen MR) is 134 cm³/mol. The van der Waals surface area contributed by atoms with Gasteiger partial charge in [-0.2, -0.15) is 0 Å². The third-order valence-corrected chi connectivity index (χ3v) is 5.57. The van der Waals surface area contributed by atoms with E-state index in [0.29, 0.717) is 40.3 Å². The fourth-order valence-electron chi connectivity index (χ4n) is 3.41. The summed E-state index contributed by atoms with van der Waals surface area (Å²) in [7, 11) is 0. The number of carbonyl (C=O) groups is 3. The fraction of sp³-hybridized carbons (Fsp3) is 0.115. The number of carbonyl (C=O) groups excluding carboxylic acids is 3. The third kappa shape index (κ3) is 5.65. The van der Waals surface area contributed by atoms with Crippen molar-refractivity contribution >= 4 is 52.8 Å². The van der Waals surface area contributed by atoms with Gasteiger partial charge in [0.25, 0.3) is 11.8 Å².